The molecule has 1 heterocycles. The fraction of sp³-hybridized carbons (Fsp3) is 0.0938. The number of aromatic nitrogens is 2. The Labute approximate surface area is 231 Å². The molecular weight excluding hydrogens is 510 g/mol. The van der Waals surface area contributed by atoms with Crippen molar-refractivity contribution in [1.82, 2.24) is 9.78 Å². The van der Waals surface area contributed by atoms with Gasteiger partial charge in [0.2, 0.25) is 6.10 Å². The lowest BCUT2D eigenvalue weighted by molar-refractivity contribution is -0.125. The predicted molar refractivity (Wildman–Crippen MR) is 153 cm³/mol. The summed E-state index contributed by atoms with van der Waals surface area (Å²) in [5.41, 5.74) is 5.32. The molecule has 1 unspecified atom stereocenters. The first-order valence-corrected chi connectivity index (χ1v) is 12.8. The number of carbonyl (C=O) groups excluding carboxylic acids is 2. The highest BCUT2D eigenvalue weighted by molar-refractivity contribution is 6.30. The van der Waals surface area contributed by atoms with Crippen LogP contribution in [0.15, 0.2) is 109 Å². The summed E-state index contributed by atoms with van der Waals surface area (Å²) in [6, 6.07) is 31.2. The zero-order chi connectivity index (χ0) is 27.4. The fourth-order valence-electron chi connectivity index (χ4n) is 4.38. The van der Waals surface area contributed by atoms with Crippen molar-refractivity contribution in [3.8, 4) is 16.9 Å². The van der Waals surface area contributed by atoms with Gasteiger partial charge >= 0.3 is 5.97 Å². The first kappa shape index (κ1) is 25.9. The van der Waals surface area contributed by atoms with Gasteiger partial charge in [0.1, 0.15) is 11.3 Å². The lowest BCUT2D eigenvalue weighted by Crippen LogP contribution is -2.26. The molecule has 0 radical (unpaired) electrons. The van der Waals surface area contributed by atoms with E-state index >= 15 is 0 Å². The average Bonchev–Trinajstić information content (AvgIpc) is 3.38. The van der Waals surface area contributed by atoms with Crippen LogP contribution in [0.3, 0.4) is 0 Å². The third kappa shape index (κ3) is 6.08. The molecule has 0 spiro atoms. The monoisotopic (exact) mass is 535 g/mol. The lowest BCUT2D eigenvalue weighted by atomic mass is 10.1. The van der Waals surface area contributed by atoms with E-state index in [0.717, 1.165) is 16.8 Å². The molecule has 1 N–H and O–H groups in total. The third-order valence-electron chi connectivity index (χ3n) is 6.13. The number of ether oxygens (including phenoxy) is 1. The van der Waals surface area contributed by atoms with Gasteiger partial charge in [0, 0.05) is 28.0 Å². The van der Waals surface area contributed by atoms with Crippen molar-refractivity contribution < 1.29 is 14.3 Å². The third-order valence-corrected chi connectivity index (χ3v) is 6.38. The van der Waals surface area contributed by atoms with Crippen LogP contribution in [-0.4, -0.2) is 21.7 Å². The maximum Gasteiger partial charge on any atom is 0.343 e. The zero-order valence-electron chi connectivity index (χ0n) is 21.5. The van der Waals surface area contributed by atoms with E-state index in [1.54, 1.807) is 59.4 Å². The van der Waals surface area contributed by atoms with Gasteiger partial charge in [-0.15, -0.1) is 0 Å². The molecule has 5 rings (SSSR count). The summed E-state index contributed by atoms with van der Waals surface area (Å²) >= 11 is 6.10. The van der Waals surface area contributed by atoms with E-state index in [4.69, 9.17) is 16.3 Å². The van der Waals surface area contributed by atoms with Crippen LogP contribution < -0.4 is 5.32 Å². The molecule has 0 bridgehead atoms. The number of aryl methyl sites for hydroxylation is 2. The van der Waals surface area contributed by atoms with Gasteiger partial charge in [0.05, 0.1) is 5.69 Å². The van der Waals surface area contributed by atoms with Crippen LogP contribution in [0, 0.1) is 13.8 Å². The van der Waals surface area contributed by atoms with E-state index in [-0.39, 0.29) is 5.56 Å². The Morgan fingerprint density at radius 1 is 0.846 bits per heavy atom. The Morgan fingerprint density at radius 2 is 1.46 bits per heavy atom. The summed E-state index contributed by atoms with van der Waals surface area (Å²) < 4.78 is 7.54. The second-order valence-electron chi connectivity index (χ2n) is 9.24. The van der Waals surface area contributed by atoms with Crippen LogP contribution in [0.1, 0.15) is 33.2 Å². The molecule has 0 fully saturated rings. The normalized spacial score (nSPS) is 11.6. The number of hydrogen-bond acceptors (Lipinski definition) is 4. The molecule has 6 nitrogen and oxygen atoms in total. The molecule has 0 aliphatic carbocycles. The minimum atomic E-state index is -1.18. The van der Waals surface area contributed by atoms with E-state index in [1.807, 2.05) is 68.4 Å². The number of nitrogens with zero attached hydrogens (tertiary/aromatic N) is 2. The molecule has 5 aromatic rings. The molecule has 1 atom stereocenters. The molecule has 0 saturated heterocycles. The maximum atomic E-state index is 13.7. The van der Waals surface area contributed by atoms with Crippen LogP contribution in [0.2, 0.25) is 5.02 Å². The van der Waals surface area contributed by atoms with Crippen molar-refractivity contribution in [3.05, 3.63) is 137 Å². The second kappa shape index (κ2) is 11.4. The summed E-state index contributed by atoms with van der Waals surface area (Å²) in [5, 5.41) is 8.16. The Balaban J connectivity index is 1.51. The molecule has 7 heteroatoms. The van der Waals surface area contributed by atoms with E-state index in [2.05, 4.69) is 10.4 Å². The number of benzene rings is 4. The summed E-state index contributed by atoms with van der Waals surface area (Å²) in [6.07, 6.45) is 0.434. The quantitative estimate of drug-likeness (QED) is 0.221. The highest BCUT2D eigenvalue weighted by Gasteiger charge is 2.29. The van der Waals surface area contributed by atoms with Gasteiger partial charge < -0.3 is 10.1 Å². The number of esters is 1. The standard InChI is InChI=1S/C32H26ClN3O3/c1-21-17-22(2)19-26(18-21)34-31(37)30(24-9-5-3-6-10-24)39-32(38)28-20-36(27-11-7-4-8-12-27)35-29(28)23-13-15-25(33)16-14-23/h3-20,30H,1-2H3,(H,34,37). The van der Waals surface area contributed by atoms with E-state index < -0.39 is 18.0 Å². The van der Waals surface area contributed by atoms with E-state index in [1.165, 1.54) is 0 Å². The molecule has 0 saturated carbocycles. The number of nitrogens with one attached hydrogen (secondary N) is 1. The van der Waals surface area contributed by atoms with Crippen molar-refractivity contribution >= 4 is 29.2 Å². The maximum absolute atomic E-state index is 13.7. The minimum Gasteiger partial charge on any atom is -0.444 e. The van der Waals surface area contributed by atoms with Crippen LogP contribution >= 0.6 is 11.6 Å². The molecule has 1 amide bonds. The Morgan fingerprint density at radius 3 is 2.10 bits per heavy atom. The zero-order valence-corrected chi connectivity index (χ0v) is 22.2. The van der Waals surface area contributed by atoms with Crippen molar-refractivity contribution in [2.24, 2.45) is 0 Å². The Kier molecular flexibility index (Phi) is 7.57. The van der Waals surface area contributed by atoms with Gasteiger partial charge in [-0.25, -0.2) is 9.48 Å². The molecule has 0 aliphatic rings. The number of halogens is 1. The number of anilines is 1. The molecule has 194 valence electrons. The second-order valence-corrected chi connectivity index (χ2v) is 9.68. The summed E-state index contributed by atoms with van der Waals surface area (Å²) in [7, 11) is 0. The van der Waals surface area contributed by atoms with Gasteiger partial charge in [-0.05, 0) is 61.4 Å². The summed E-state index contributed by atoms with van der Waals surface area (Å²) in [6.45, 7) is 3.92. The number of para-hydroxylation sites is 1. The molecule has 1 aromatic heterocycles. The number of rotatable bonds is 7. The number of carbonyl (C=O) groups is 2. The topological polar surface area (TPSA) is 73.2 Å². The van der Waals surface area contributed by atoms with Gasteiger partial charge in [0.15, 0.2) is 0 Å². The lowest BCUT2D eigenvalue weighted by Gasteiger charge is -2.18. The van der Waals surface area contributed by atoms with E-state index in [9.17, 15) is 9.59 Å². The molecular formula is C32H26ClN3O3. The highest BCUT2D eigenvalue weighted by Crippen LogP contribution is 2.29. The average molecular weight is 536 g/mol. The molecule has 4 aromatic carbocycles. The largest absolute Gasteiger partial charge is 0.444 e. The minimum absolute atomic E-state index is 0.223. The van der Waals surface area contributed by atoms with Gasteiger partial charge in [0.25, 0.3) is 5.91 Å². The SMILES string of the molecule is Cc1cc(C)cc(NC(=O)C(OC(=O)c2cn(-c3ccccc3)nc2-c2ccc(Cl)cc2)c2ccccc2)c1. The highest BCUT2D eigenvalue weighted by atomic mass is 35.5. The number of hydrogen-bond donors (Lipinski definition) is 1. The fourth-order valence-corrected chi connectivity index (χ4v) is 4.51. The Bertz CT molecular complexity index is 1590. The van der Waals surface area contributed by atoms with Crippen molar-refractivity contribution in [1.29, 1.82) is 0 Å². The van der Waals surface area contributed by atoms with Gasteiger partial charge in [-0.1, -0.05) is 78.3 Å². The van der Waals surface area contributed by atoms with Gasteiger partial charge in [-0.2, -0.15) is 5.10 Å². The van der Waals surface area contributed by atoms with Gasteiger partial charge in [-0.3, -0.25) is 4.79 Å². The molecule has 0 aliphatic heterocycles. The van der Waals surface area contributed by atoms with Crippen LogP contribution in [0.4, 0.5) is 5.69 Å². The number of amides is 1. The molecule has 39 heavy (non-hydrogen) atoms. The van der Waals surface area contributed by atoms with Crippen molar-refractivity contribution in [2.75, 3.05) is 5.32 Å². The van der Waals surface area contributed by atoms with Crippen LogP contribution in [0.5, 0.6) is 0 Å². The first-order chi connectivity index (χ1) is 18.9. The smallest absolute Gasteiger partial charge is 0.343 e. The Hall–Kier alpha value is -4.68. The first-order valence-electron chi connectivity index (χ1n) is 12.4. The predicted octanol–water partition coefficient (Wildman–Crippen LogP) is 7.35. The summed E-state index contributed by atoms with van der Waals surface area (Å²) in [5.74, 6) is -1.13. The van der Waals surface area contributed by atoms with Crippen LogP contribution in [-0.2, 0) is 9.53 Å². The van der Waals surface area contributed by atoms with E-state index in [0.29, 0.717) is 27.5 Å². The van der Waals surface area contributed by atoms with Crippen molar-refractivity contribution in [2.45, 2.75) is 20.0 Å². The van der Waals surface area contributed by atoms with Crippen LogP contribution in [0.25, 0.3) is 16.9 Å². The summed E-state index contributed by atoms with van der Waals surface area (Å²) in [4.78, 5) is 27.2. The van der Waals surface area contributed by atoms with Crippen molar-refractivity contribution in [3.63, 3.8) is 0 Å².